The summed E-state index contributed by atoms with van der Waals surface area (Å²) in [5.41, 5.74) is 2.64. The summed E-state index contributed by atoms with van der Waals surface area (Å²) in [5.74, 6) is 0.0371. The van der Waals surface area contributed by atoms with Crippen LogP contribution in [0.5, 0.6) is 0 Å². The van der Waals surface area contributed by atoms with E-state index in [1.165, 1.54) is 12.2 Å². The van der Waals surface area contributed by atoms with Crippen LogP contribution < -0.4 is 0 Å². The molecule has 0 heterocycles. The molecule has 0 atom stereocenters. The fourth-order valence-corrected chi connectivity index (χ4v) is 1.48. The van der Waals surface area contributed by atoms with Gasteiger partial charge in [-0.1, -0.05) is 18.2 Å². The molecule has 2 rings (SSSR count). The predicted octanol–water partition coefficient (Wildman–Crippen LogP) is 2.06. The molecule has 2 nitrogen and oxygen atoms in total. The first kappa shape index (κ1) is 9.59. The third-order valence-corrected chi connectivity index (χ3v) is 2.36. The van der Waals surface area contributed by atoms with E-state index in [2.05, 4.69) is 0 Å². The van der Waals surface area contributed by atoms with Gasteiger partial charge in [-0.3, -0.25) is 9.59 Å². The predicted molar refractivity (Wildman–Crippen MR) is 58.2 cm³/mol. The van der Waals surface area contributed by atoms with Crippen LogP contribution >= 0.6 is 0 Å². The van der Waals surface area contributed by atoms with Gasteiger partial charge in [0.05, 0.1) is 0 Å². The van der Waals surface area contributed by atoms with Crippen molar-refractivity contribution in [1.82, 2.24) is 0 Å². The van der Waals surface area contributed by atoms with Crippen LogP contribution in [0.1, 0.15) is 6.92 Å². The molecule has 0 fully saturated rings. The number of allylic oxidation sites excluding steroid dienone is 10. The summed E-state index contributed by atoms with van der Waals surface area (Å²) in [7, 11) is 0. The number of rotatable bonds is 0. The quantitative estimate of drug-likeness (QED) is 0.597. The van der Waals surface area contributed by atoms with Crippen molar-refractivity contribution in [2.24, 2.45) is 0 Å². The minimum atomic E-state index is -0.00378. The van der Waals surface area contributed by atoms with Gasteiger partial charge in [0.2, 0.25) is 0 Å². The molecule has 0 N–H and O–H groups in total. The maximum absolute atomic E-state index is 11.2. The monoisotopic (exact) mass is 198 g/mol. The first-order valence-corrected chi connectivity index (χ1v) is 4.72. The Hall–Kier alpha value is -1.96. The Morgan fingerprint density at radius 3 is 2.00 bits per heavy atom. The normalized spacial score (nSPS) is 19.9. The second kappa shape index (κ2) is 3.65. The van der Waals surface area contributed by atoms with E-state index in [0.29, 0.717) is 0 Å². The molecule has 2 heteroatoms. The number of hydrogen-bond acceptors (Lipinski definition) is 2. The van der Waals surface area contributed by atoms with Crippen molar-refractivity contribution in [3.63, 3.8) is 0 Å². The van der Waals surface area contributed by atoms with Gasteiger partial charge in [-0.15, -0.1) is 0 Å². The van der Waals surface area contributed by atoms with Crippen molar-refractivity contribution in [3.05, 3.63) is 59.3 Å². The highest BCUT2D eigenvalue weighted by Gasteiger charge is 2.09. The zero-order valence-corrected chi connectivity index (χ0v) is 8.36. The molecule has 0 amide bonds. The largest absolute Gasteiger partial charge is 0.290 e. The average Bonchev–Trinajstić information content (AvgIpc) is 2.23. The standard InChI is InChI=1S/C13H10O2/c1-9-8-11(4-7-13(9)15)10-2-5-12(14)6-3-10/h2-8H,1H3. The van der Waals surface area contributed by atoms with E-state index >= 15 is 0 Å². The number of carbonyl (C=O) groups is 2. The van der Waals surface area contributed by atoms with Crippen LogP contribution in [0.25, 0.3) is 0 Å². The fraction of sp³-hybridized carbons (Fsp3) is 0.0769. The Balaban J connectivity index is 2.40. The van der Waals surface area contributed by atoms with E-state index in [9.17, 15) is 9.59 Å². The van der Waals surface area contributed by atoms with Crippen molar-refractivity contribution in [2.45, 2.75) is 6.92 Å². The minimum Gasteiger partial charge on any atom is -0.290 e. The molecule has 74 valence electrons. The Labute approximate surface area is 88.0 Å². The summed E-state index contributed by atoms with van der Waals surface area (Å²) in [6.07, 6.45) is 11.7. The SMILES string of the molecule is CC1=CC(=C2C=CC(=O)C=C2)C=CC1=O. The van der Waals surface area contributed by atoms with Crippen molar-refractivity contribution in [2.75, 3.05) is 0 Å². The topological polar surface area (TPSA) is 34.1 Å². The van der Waals surface area contributed by atoms with Crippen LogP contribution in [0, 0.1) is 0 Å². The molecule has 0 spiro atoms. The van der Waals surface area contributed by atoms with Gasteiger partial charge < -0.3 is 0 Å². The highest BCUT2D eigenvalue weighted by atomic mass is 16.1. The highest BCUT2D eigenvalue weighted by molar-refractivity contribution is 6.06. The molecule has 0 bridgehead atoms. The van der Waals surface area contributed by atoms with Crippen molar-refractivity contribution >= 4 is 11.6 Å². The van der Waals surface area contributed by atoms with Crippen LogP contribution in [-0.4, -0.2) is 11.6 Å². The van der Waals surface area contributed by atoms with E-state index < -0.39 is 0 Å². The fourth-order valence-electron chi connectivity index (χ4n) is 1.48. The summed E-state index contributed by atoms with van der Waals surface area (Å²) >= 11 is 0. The second-order valence-electron chi connectivity index (χ2n) is 3.50. The van der Waals surface area contributed by atoms with Gasteiger partial charge in [0.1, 0.15) is 0 Å². The van der Waals surface area contributed by atoms with E-state index in [4.69, 9.17) is 0 Å². The van der Waals surface area contributed by atoms with Crippen LogP contribution in [0.4, 0.5) is 0 Å². The van der Waals surface area contributed by atoms with Crippen molar-refractivity contribution < 1.29 is 9.59 Å². The summed E-state index contributed by atoms with van der Waals surface area (Å²) < 4.78 is 0. The zero-order chi connectivity index (χ0) is 10.8. The lowest BCUT2D eigenvalue weighted by Gasteiger charge is -2.08. The van der Waals surface area contributed by atoms with Gasteiger partial charge in [-0.2, -0.15) is 0 Å². The molecule has 0 saturated heterocycles. The van der Waals surface area contributed by atoms with Crippen molar-refractivity contribution in [1.29, 1.82) is 0 Å². The van der Waals surface area contributed by atoms with Gasteiger partial charge in [0.15, 0.2) is 11.6 Å². The van der Waals surface area contributed by atoms with Crippen molar-refractivity contribution in [3.8, 4) is 0 Å². The van der Waals surface area contributed by atoms with Gasteiger partial charge >= 0.3 is 0 Å². The zero-order valence-electron chi connectivity index (χ0n) is 8.36. The maximum atomic E-state index is 11.2. The molecule has 0 aromatic carbocycles. The van der Waals surface area contributed by atoms with E-state index in [-0.39, 0.29) is 11.6 Å². The molecule has 0 unspecified atom stereocenters. The maximum Gasteiger partial charge on any atom is 0.181 e. The number of carbonyl (C=O) groups excluding carboxylic acids is 2. The molecule has 0 aromatic heterocycles. The van der Waals surface area contributed by atoms with Gasteiger partial charge in [0.25, 0.3) is 0 Å². The van der Waals surface area contributed by atoms with E-state index in [1.807, 2.05) is 6.08 Å². The molecule has 0 saturated carbocycles. The highest BCUT2D eigenvalue weighted by Crippen LogP contribution is 2.19. The summed E-state index contributed by atoms with van der Waals surface area (Å²) in [5, 5.41) is 0. The smallest absolute Gasteiger partial charge is 0.181 e. The lowest BCUT2D eigenvalue weighted by molar-refractivity contribution is -0.111. The molecule has 2 aliphatic rings. The third-order valence-electron chi connectivity index (χ3n) is 2.36. The lowest BCUT2D eigenvalue weighted by atomic mass is 9.95. The molecule has 15 heavy (non-hydrogen) atoms. The Morgan fingerprint density at radius 1 is 0.800 bits per heavy atom. The third kappa shape index (κ3) is 1.94. The van der Waals surface area contributed by atoms with Gasteiger partial charge in [0, 0.05) is 0 Å². The Kier molecular flexibility index (Phi) is 2.34. The minimum absolute atomic E-state index is 0.00378. The van der Waals surface area contributed by atoms with Crippen LogP contribution in [0.2, 0.25) is 0 Å². The first-order chi connectivity index (χ1) is 7.16. The van der Waals surface area contributed by atoms with E-state index in [0.717, 1.165) is 16.7 Å². The summed E-state index contributed by atoms with van der Waals surface area (Å²) in [4.78, 5) is 22.1. The van der Waals surface area contributed by atoms with Crippen LogP contribution in [-0.2, 0) is 9.59 Å². The molecular formula is C13H10O2. The average molecular weight is 198 g/mol. The summed E-state index contributed by atoms with van der Waals surface area (Å²) in [6.45, 7) is 1.79. The van der Waals surface area contributed by atoms with Gasteiger partial charge in [-0.25, -0.2) is 0 Å². The van der Waals surface area contributed by atoms with Gasteiger partial charge in [-0.05, 0) is 47.9 Å². The molecule has 0 aliphatic heterocycles. The molecule has 2 aliphatic carbocycles. The lowest BCUT2D eigenvalue weighted by Crippen LogP contribution is -2.01. The number of ketones is 2. The molecule has 0 aromatic rings. The molecule has 0 radical (unpaired) electrons. The summed E-state index contributed by atoms with van der Waals surface area (Å²) in [6, 6.07) is 0. The van der Waals surface area contributed by atoms with E-state index in [1.54, 1.807) is 31.2 Å². The van der Waals surface area contributed by atoms with Crippen LogP contribution in [0.15, 0.2) is 59.3 Å². The Bertz CT molecular complexity index is 465. The first-order valence-electron chi connectivity index (χ1n) is 4.72. The Morgan fingerprint density at radius 2 is 1.40 bits per heavy atom. The number of hydrogen-bond donors (Lipinski definition) is 0. The van der Waals surface area contributed by atoms with Crippen LogP contribution in [0.3, 0.4) is 0 Å². The molecular weight excluding hydrogens is 188 g/mol. The second-order valence-corrected chi connectivity index (χ2v) is 3.50.